The summed E-state index contributed by atoms with van der Waals surface area (Å²) in [5, 5.41) is 15.9. The van der Waals surface area contributed by atoms with Crippen LogP contribution < -0.4 is 10.6 Å². The topological polar surface area (TPSA) is 98.7 Å². The van der Waals surface area contributed by atoms with Crippen molar-refractivity contribution < 1.29 is 19.5 Å². The van der Waals surface area contributed by atoms with Gasteiger partial charge in [0.2, 0.25) is 5.91 Å². The van der Waals surface area contributed by atoms with Gasteiger partial charge in [0.15, 0.2) is 0 Å². The summed E-state index contributed by atoms with van der Waals surface area (Å²) in [7, 11) is 0. The molecule has 3 heterocycles. The molecule has 3 N–H and O–H groups in total. The highest BCUT2D eigenvalue weighted by molar-refractivity contribution is 8.00. The maximum Gasteiger partial charge on any atom is 0.326 e. The van der Waals surface area contributed by atoms with Gasteiger partial charge in [-0.3, -0.25) is 4.79 Å². The molecule has 4 fully saturated rings. The maximum atomic E-state index is 12.8. The number of carbonyl (C=O) groups excluding carboxylic acids is 2. The molecule has 3 saturated heterocycles. The van der Waals surface area contributed by atoms with Crippen molar-refractivity contribution in [1.82, 2.24) is 15.5 Å². The summed E-state index contributed by atoms with van der Waals surface area (Å²) in [5.41, 5.74) is 0. The number of carboxylic acids is 1. The molecule has 4 rings (SSSR count). The van der Waals surface area contributed by atoms with E-state index < -0.39 is 12.0 Å². The number of fused-ring (bicyclic) bond motifs is 2. The zero-order valence-corrected chi connectivity index (χ0v) is 16.4. The average molecular weight is 396 g/mol. The molecule has 3 aliphatic heterocycles. The Morgan fingerprint density at radius 2 is 2.00 bits per heavy atom. The molecule has 8 heteroatoms. The summed E-state index contributed by atoms with van der Waals surface area (Å²) >= 11 is 1.89. The minimum atomic E-state index is -0.851. The lowest BCUT2D eigenvalue weighted by molar-refractivity contribution is -0.149. The molecule has 0 aromatic carbocycles. The van der Waals surface area contributed by atoms with Gasteiger partial charge >= 0.3 is 12.0 Å². The molecule has 0 aromatic heterocycles. The first-order valence-corrected chi connectivity index (χ1v) is 11.3. The number of rotatable bonds is 6. The van der Waals surface area contributed by atoms with Gasteiger partial charge in [-0.05, 0) is 38.0 Å². The number of aliphatic carboxylic acids is 1. The van der Waals surface area contributed by atoms with Crippen LogP contribution in [0.25, 0.3) is 0 Å². The molecule has 1 aliphatic carbocycles. The number of nitrogens with zero attached hydrogens (tertiary/aromatic N) is 1. The van der Waals surface area contributed by atoms with E-state index in [9.17, 15) is 19.5 Å². The molecule has 0 spiro atoms. The van der Waals surface area contributed by atoms with Crippen molar-refractivity contribution in [2.75, 3.05) is 5.75 Å². The van der Waals surface area contributed by atoms with Crippen LogP contribution >= 0.6 is 11.8 Å². The van der Waals surface area contributed by atoms with Crippen molar-refractivity contribution in [2.45, 2.75) is 87.2 Å². The number of urea groups is 1. The first-order chi connectivity index (χ1) is 13.0. The minimum absolute atomic E-state index is 0.0181. The van der Waals surface area contributed by atoms with Crippen molar-refractivity contribution in [3.8, 4) is 0 Å². The minimum Gasteiger partial charge on any atom is -0.480 e. The third kappa shape index (κ3) is 3.77. The Morgan fingerprint density at radius 1 is 1.19 bits per heavy atom. The lowest BCUT2D eigenvalue weighted by atomic mass is 9.84. The molecule has 0 bridgehead atoms. The number of unbranched alkanes of at least 4 members (excludes halogenated alkanes) is 1. The van der Waals surface area contributed by atoms with Gasteiger partial charge < -0.3 is 20.6 Å². The Bertz CT molecular complexity index is 616. The fourth-order valence-corrected chi connectivity index (χ4v) is 6.98. The van der Waals surface area contributed by atoms with E-state index in [1.807, 2.05) is 11.8 Å². The van der Waals surface area contributed by atoms with E-state index in [4.69, 9.17) is 0 Å². The van der Waals surface area contributed by atoms with Crippen LogP contribution in [-0.2, 0) is 9.59 Å². The fraction of sp³-hybridized carbons (Fsp3) is 0.842. The number of carboxylic acid groups (broad SMARTS) is 1. The van der Waals surface area contributed by atoms with Gasteiger partial charge in [0, 0.05) is 23.5 Å². The Balaban J connectivity index is 1.26. The summed E-state index contributed by atoms with van der Waals surface area (Å²) in [6, 6.07) is -0.120. The average Bonchev–Trinajstić information content (AvgIpc) is 3.30. The van der Waals surface area contributed by atoms with Crippen molar-refractivity contribution >= 4 is 29.7 Å². The zero-order chi connectivity index (χ0) is 19.0. The summed E-state index contributed by atoms with van der Waals surface area (Å²) < 4.78 is 0. The summed E-state index contributed by atoms with van der Waals surface area (Å²) in [6.45, 7) is 0. The summed E-state index contributed by atoms with van der Waals surface area (Å²) in [4.78, 5) is 37.6. The van der Waals surface area contributed by atoms with Gasteiger partial charge in [-0.25, -0.2) is 9.59 Å². The molecule has 3 amide bonds. The number of nitrogens with one attached hydrogen (secondary N) is 2. The van der Waals surface area contributed by atoms with E-state index in [1.165, 1.54) is 0 Å². The smallest absolute Gasteiger partial charge is 0.326 e. The van der Waals surface area contributed by atoms with Gasteiger partial charge in [0.25, 0.3) is 0 Å². The molecule has 6 atom stereocenters. The second kappa shape index (κ2) is 7.89. The Kier molecular flexibility index (Phi) is 5.53. The van der Waals surface area contributed by atoms with Crippen LogP contribution in [0.5, 0.6) is 0 Å². The maximum absolute atomic E-state index is 12.8. The van der Waals surface area contributed by atoms with Gasteiger partial charge in [0.05, 0.1) is 12.1 Å². The van der Waals surface area contributed by atoms with Crippen LogP contribution in [-0.4, -0.2) is 63.1 Å². The monoisotopic (exact) mass is 395 g/mol. The van der Waals surface area contributed by atoms with Gasteiger partial charge in [-0.2, -0.15) is 11.8 Å². The van der Waals surface area contributed by atoms with Crippen molar-refractivity contribution in [2.24, 2.45) is 5.92 Å². The molecule has 1 saturated carbocycles. The Morgan fingerprint density at radius 3 is 2.81 bits per heavy atom. The van der Waals surface area contributed by atoms with Crippen LogP contribution in [0, 0.1) is 5.92 Å². The Hall–Kier alpha value is -1.44. The quantitative estimate of drug-likeness (QED) is 0.472. The molecule has 0 aromatic rings. The van der Waals surface area contributed by atoms with Crippen LogP contribution in [0.2, 0.25) is 0 Å². The van der Waals surface area contributed by atoms with Crippen molar-refractivity contribution in [3.63, 3.8) is 0 Å². The second-order valence-electron chi connectivity index (χ2n) is 8.37. The highest BCUT2D eigenvalue weighted by Gasteiger charge is 2.47. The molecule has 150 valence electrons. The largest absolute Gasteiger partial charge is 0.480 e. The van der Waals surface area contributed by atoms with Crippen LogP contribution in [0.4, 0.5) is 4.79 Å². The molecular formula is C19H29N3O4S. The summed E-state index contributed by atoms with van der Waals surface area (Å²) in [5.74, 6) is 0.485. The van der Waals surface area contributed by atoms with E-state index in [-0.39, 0.29) is 30.1 Å². The SMILES string of the molecule is O=C1NC2CSC(CCCCC(=O)N3C(C(=O)O)CC4CCCCC43)C2N1. The first kappa shape index (κ1) is 18.9. The first-order valence-electron chi connectivity index (χ1n) is 10.3. The molecule has 0 radical (unpaired) electrons. The standard InChI is InChI=1S/C19H29N3O4S/c23-16(22-13-6-2-1-5-11(13)9-14(22)18(24)25)8-4-3-7-15-17-12(10-27-15)20-19(26)21-17/h11-15,17H,1-10H2,(H,24,25)(H2,20,21,26). The van der Waals surface area contributed by atoms with Gasteiger partial charge in [-0.1, -0.05) is 19.3 Å². The number of likely N-dealkylation sites (tertiary alicyclic amines) is 1. The number of thioether (sulfide) groups is 1. The lowest BCUT2D eigenvalue weighted by Crippen LogP contribution is -2.46. The van der Waals surface area contributed by atoms with Crippen LogP contribution in [0.1, 0.15) is 57.8 Å². The molecule has 27 heavy (non-hydrogen) atoms. The van der Waals surface area contributed by atoms with Crippen LogP contribution in [0.15, 0.2) is 0 Å². The van der Waals surface area contributed by atoms with Crippen LogP contribution in [0.3, 0.4) is 0 Å². The second-order valence-corrected chi connectivity index (χ2v) is 9.64. The number of hydrogen-bond acceptors (Lipinski definition) is 4. The number of amides is 3. The van der Waals surface area contributed by atoms with Crippen molar-refractivity contribution in [3.05, 3.63) is 0 Å². The van der Waals surface area contributed by atoms with E-state index in [0.717, 1.165) is 50.7 Å². The van der Waals surface area contributed by atoms with E-state index in [0.29, 0.717) is 24.0 Å². The lowest BCUT2D eigenvalue weighted by Gasteiger charge is -2.33. The highest BCUT2D eigenvalue weighted by Crippen LogP contribution is 2.40. The highest BCUT2D eigenvalue weighted by atomic mass is 32.2. The molecule has 4 aliphatic rings. The fourth-order valence-electron chi connectivity index (χ4n) is 5.43. The van der Waals surface area contributed by atoms with E-state index >= 15 is 0 Å². The predicted octanol–water partition coefficient (Wildman–Crippen LogP) is 1.96. The van der Waals surface area contributed by atoms with Crippen molar-refractivity contribution in [1.29, 1.82) is 0 Å². The predicted molar refractivity (Wildman–Crippen MR) is 103 cm³/mol. The number of hydrogen-bond donors (Lipinski definition) is 3. The Labute approximate surface area is 164 Å². The van der Waals surface area contributed by atoms with Gasteiger partial charge in [-0.15, -0.1) is 0 Å². The van der Waals surface area contributed by atoms with E-state index in [1.54, 1.807) is 4.90 Å². The normalized spacial score (nSPS) is 37.5. The van der Waals surface area contributed by atoms with Gasteiger partial charge in [0.1, 0.15) is 6.04 Å². The van der Waals surface area contributed by atoms with E-state index in [2.05, 4.69) is 10.6 Å². The summed E-state index contributed by atoms with van der Waals surface area (Å²) in [6.07, 6.45) is 8.02. The molecule has 7 nitrogen and oxygen atoms in total. The number of carbonyl (C=O) groups is 3. The molecular weight excluding hydrogens is 366 g/mol. The third-order valence-electron chi connectivity index (χ3n) is 6.73. The zero-order valence-electron chi connectivity index (χ0n) is 15.6. The molecule has 6 unspecified atom stereocenters. The third-order valence-corrected chi connectivity index (χ3v) is 8.24.